The number of benzene rings is 5. The van der Waals surface area contributed by atoms with Crippen molar-refractivity contribution in [2.24, 2.45) is 0 Å². The number of aromatic nitrogens is 2. The van der Waals surface area contributed by atoms with Crippen molar-refractivity contribution in [2.75, 3.05) is 0 Å². The van der Waals surface area contributed by atoms with Gasteiger partial charge in [0.15, 0.2) is 5.82 Å². The van der Waals surface area contributed by atoms with Crippen molar-refractivity contribution < 1.29 is 0 Å². The molecule has 33 heavy (non-hydrogen) atoms. The Labute approximate surface area is 200 Å². The predicted octanol–water partition coefficient (Wildman–Crippen LogP) is 8.55. The Hall–Kier alpha value is -3.82. The Morgan fingerprint density at radius 1 is 0.455 bits per heavy atom. The van der Waals surface area contributed by atoms with E-state index in [0.29, 0.717) is 5.82 Å². The Morgan fingerprint density at radius 2 is 0.909 bits per heavy atom. The van der Waals surface area contributed by atoms with E-state index >= 15 is 0 Å². The van der Waals surface area contributed by atoms with Gasteiger partial charge < -0.3 is 0 Å². The number of nitrogens with zero attached hydrogens (tertiary/aromatic N) is 2. The molecule has 0 amide bonds. The Bertz CT molecular complexity index is 1510. The number of hydrogen-bond acceptors (Lipinski definition) is 2. The molecule has 6 rings (SSSR count). The molecule has 0 atom stereocenters. The van der Waals surface area contributed by atoms with Gasteiger partial charge in [-0.3, -0.25) is 0 Å². The fourth-order valence-electron chi connectivity index (χ4n) is 4.38. The summed E-state index contributed by atoms with van der Waals surface area (Å²) in [5.41, 5.74) is 4.95. The largest absolute Gasteiger partial charge is 0.227 e. The molecule has 5 aromatic carbocycles. The van der Waals surface area contributed by atoms with Crippen LogP contribution in [0, 0.1) is 0 Å². The van der Waals surface area contributed by atoms with Crippen molar-refractivity contribution in [3.05, 3.63) is 120 Å². The molecule has 0 aliphatic rings. The van der Waals surface area contributed by atoms with Crippen LogP contribution in [0.5, 0.6) is 0 Å². The van der Waals surface area contributed by atoms with Crippen LogP contribution in [0.3, 0.4) is 0 Å². The molecule has 6 aromatic rings. The lowest BCUT2D eigenvalue weighted by molar-refractivity contribution is 1.17. The molecule has 3 heteroatoms. The van der Waals surface area contributed by atoms with Crippen molar-refractivity contribution in [1.29, 1.82) is 0 Å². The smallest absolute Gasteiger partial charge is 0.160 e. The number of halogens is 1. The highest BCUT2D eigenvalue weighted by Crippen LogP contribution is 2.40. The van der Waals surface area contributed by atoms with Gasteiger partial charge in [0, 0.05) is 16.7 Å². The van der Waals surface area contributed by atoms with Crippen molar-refractivity contribution in [3.8, 4) is 33.9 Å². The molecule has 0 saturated carbocycles. The maximum absolute atomic E-state index is 5.07. The van der Waals surface area contributed by atoms with Crippen molar-refractivity contribution in [3.63, 3.8) is 0 Å². The summed E-state index contributed by atoms with van der Waals surface area (Å²) in [5.74, 6) is 0.713. The third-order valence-corrected chi connectivity index (χ3v) is 6.72. The Morgan fingerprint density at radius 3 is 1.45 bits per heavy atom. The van der Waals surface area contributed by atoms with E-state index < -0.39 is 0 Å². The molecule has 0 radical (unpaired) electrons. The third-order valence-electron chi connectivity index (χ3n) is 5.97. The molecule has 1 heterocycles. The molecule has 0 N–H and O–H groups in total. The van der Waals surface area contributed by atoms with Gasteiger partial charge in [-0.15, -0.1) is 0 Å². The maximum Gasteiger partial charge on any atom is 0.160 e. The molecule has 0 spiro atoms. The summed E-state index contributed by atoms with van der Waals surface area (Å²) >= 11 is 3.91. The fourth-order valence-corrected chi connectivity index (χ4v) is 4.99. The van der Waals surface area contributed by atoms with Crippen LogP contribution in [0.4, 0.5) is 0 Å². The summed E-state index contributed by atoms with van der Waals surface area (Å²) in [7, 11) is 0. The lowest BCUT2D eigenvalue weighted by Gasteiger charge is -2.15. The second kappa shape index (κ2) is 8.27. The van der Waals surface area contributed by atoms with Crippen molar-refractivity contribution in [1.82, 2.24) is 9.97 Å². The highest BCUT2D eigenvalue weighted by molar-refractivity contribution is 9.10. The molecule has 0 saturated heterocycles. The standard InChI is InChI=1S/C30H19BrN2/c31-27-28(25-18-8-14-20-10-4-6-16-23(20)25)32-30(22-12-2-1-3-13-22)33-29(27)26-19-9-15-21-11-5-7-17-24(21)26/h1-19H. The van der Waals surface area contributed by atoms with E-state index in [0.717, 1.165) is 32.6 Å². The Balaban J connectivity index is 1.70. The van der Waals surface area contributed by atoms with Gasteiger partial charge in [-0.2, -0.15) is 0 Å². The van der Waals surface area contributed by atoms with Crippen LogP contribution in [0.15, 0.2) is 120 Å². The normalized spacial score (nSPS) is 11.2. The highest BCUT2D eigenvalue weighted by Gasteiger charge is 2.19. The van der Waals surface area contributed by atoms with Crippen LogP contribution in [-0.2, 0) is 0 Å². The molecule has 0 fully saturated rings. The molecule has 0 bridgehead atoms. The first-order chi connectivity index (χ1) is 16.3. The molecular formula is C30H19BrN2. The lowest BCUT2D eigenvalue weighted by Crippen LogP contribution is -1.99. The summed E-state index contributed by atoms with van der Waals surface area (Å²) in [6.07, 6.45) is 0. The van der Waals surface area contributed by atoms with E-state index in [1.807, 2.05) is 18.2 Å². The molecule has 0 aliphatic carbocycles. The SMILES string of the molecule is Brc1c(-c2cccc3ccccc23)nc(-c2ccccc2)nc1-c1cccc2ccccc12. The van der Waals surface area contributed by atoms with Crippen molar-refractivity contribution >= 4 is 37.5 Å². The first kappa shape index (κ1) is 19.8. The monoisotopic (exact) mass is 486 g/mol. The van der Waals surface area contributed by atoms with E-state index in [1.165, 1.54) is 21.5 Å². The summed E-state index contributed by atoms with van der Waals surface area (Å²) < 4.78 is 0.898. The first-order valence-electron chi connectivity index (χ1n) is 10.9. The van der Waals surface area contributed by atoms with Crippen LogP contribution in [-0.4, -0.2) is 9.97 Å². The lowest BCUT2D eigenvalue weighted by atomic mass is 9.98. The maximum atomic E-state index is 5.07. The average Bonchev–Trinajstić information content (AvgIpc) is 2.89. The van der Waals surface area contributed by atoms with Crippen LogP contribution in [0.1, 0.15) is 0 Å². The van der Waals surface area contributed by atoms with Gasteiger partial charge in [0.25, 0.3) is 0 Å². The zero-order valence-electron chi connectivity index (χ0n) is 17.7. The van der Waals surface area contributed by atoms with Crippen LogP contribution >= 0.6 is 15.9 Å². The van der Waals surface area contributed by atoms with Crippen LogP contribution in [0.2, 0.25) is 0 Å². The van der Waals surface area contributed by atoms with E-state index in [4.69, 9.17) is 9.97 Å². The average molecular weight is 487 g/mol. The fraction of sp³-hybridized carbons (Fsp3) is 0. The number of rotatable bonds is 3. The first-order valence-corrected chi connectivity index (χ1v) is 11.7. The van der Waals surface area contributed by atoms with Gasteiger partial charge in [0.2, 0.25) is 0 Å². The van der Waals surface area contributed by atoms with Gasteiger partial charge in [0.1, 0.15) is 0 Å². The third kappa shape index (κ3) is 3.51. The van der Waals surface area contributed by atoms with E-state index in [-0.39, 0.29) is 0 Å². The van der Waals surface area contributed by atoms with Gasteiger partial charge in [-0.05, 0) is 37.5 Å². The van der Waals surface area contributed by atoms with Gasteiger partial charge >= 0.3 is 0 Å². The summed E-state index contributed by atoms with van der Waals surface area (Å²) in [4.78, 5) is 10.1. The van der Waals surface area contributed by atoms with E-state index in [2.05, 4.69) is 113 Å². The van der Waals surface area contributed by atoms with Gasteiger partial charge in [0.05, 0.1) is 15.9 Å². The number of hydrogen-bond donors (Lipinski definition) is 0. The molecule has 1 aromatic heterocycles. The van der Waals surface area contributed by atoms with Crippen molar-refractivity contribution in [2.45, 2.75) is 0 Å². The second-order valence-electron chi connectivity index (χ2n) is 7.98. The van der Waals surface area contributed by atoms with E-state index in [1.54, 1.807) is 0 Å². The summed E-state index contributed by atoms with van der Waals surface area (Å²) in [6.45, 7) is 0. The summed E-state index contributed by atoms with van der Waals surface area (Å²) in [5, 5.41) is 4.71. The molecule has 2 nitrogen and oxygen atoms in total. The topological polar surface area (TPSA) is 25.8 Å². The molecule has 0 aliphatic heterocycles. The predicted molar refractivity (Wildman–Crippen MR) is 141 cm³/mol. The van der Waals surface area contributed by atoms with Crippen LogP contribution < -0.4 is 0 Å². The molecule has 0 unspecified atom stereocenters. The van der Waals surface area contributed by atoms with E-state index in [9.17, 15) is 0 Å². The zero-order chi connectivity index (χ0) is 22.2. The van der Waals surface area contributed by atoms with Gasteiger partial charge in [-0.1, -0.05) is 115 Å². The zero-order valence-corrected chi connectivity index (χ0v) is 19.3. The highest BCUT2D eigenvalue weighted by atomic mass is 79.9. The van der Waals surface area contributed by atoms with Crippen LogP contribution in [0.25, 0.3) is 55.4 Å². The minimum atomic E-state index is 0.713. The minimum absolute atomic E-state index is 0.713. The number of fused-ring (bicyclic) bond motifs is 2. The quantitative estimate of drug-likeness (QED) is 0.250. The molecule has 156 valence electrons. The summed E-state index contributed by atoms with van der Waals surface area (Å²) in [6, 6.07) is 39.8. The second-order valence-corrected chi connectivity index (χ2v) is 8.77. The minimum Gasteiger partial charge on any atom is -0.227 e. The van der Waals surface area contributed by atoms with Gasteiger partial charge in [-0.25, -0.2) is 9.97 Å². The Kier molecular flexibility index (Phi) is 4.97. The molecular weight excluding hydrogens is 468 g/mol.